The Morgan fingerprint density at radius 2 is 1.86 bits per heavy atom. The van der Waals surface area contributed by atoms with Crippen molar-refractivity contribution >= 4 is 0 Å². The quantitative estimate of drug-likeness (QED) is 0.918. The number of aliphatic hydroxyl groups is 1. The molecule has 0 saturated carbocycles. The maximum absolute atomic E-state index is 13.6. The Morgan fingerprint density at radius 1 is 1.19 bits per heavy atom. The molecular weight excluding hydrogens is 276 g/mol. The summed E-state index contributed by atoms with van der Waals surface area (Å²) in [6, 6.07) is 5.25. The minimum Gasteiger partial charge on any atom is -0.489 e. The normalized spacial score (nSPS) is 12.5. The zero-order chi connectivity index (χ0) is 15.4. The third-order valence-corrected chi connectivity index (χ3v) is 2.95. The number of pyridine rings is 1. The molecule has 0 saturated heterocycles. The number of hydrogen-bond donors (Lipinski definition) is 1. The second-order valence-corrected chi connectivity index (χ2v) is 5.04. The third kappa shape index (κ3) is 3.98. The van der Waals surface area contributed by atoms with Crippen molar-refractivity contribution in [1.29, 1.82) is 0 Å². The number of ether oxygens (including phenoxy) is 1. The van der Waals surface area contributed by atoms with E-state index in [0.717, 1.165) is 0 Å². The molecule has 0 amide bonds. The Bertz CT molecular complexity index is 597. The van der Waals surface area contributed by atoms with E-state index in [2.05, 4.69) is 4.98 Å². The Hall–Kier alpha value is -2.01. The number of aromatic nitrogens is 1. The highest BCUT2D eigenvalue weighted by molar-refractivity contribution is 5.28. The molecule has 3 nitrogen and oxygen atoms in total. The molecule has 21 heavy (non-hydrogen) atoms. The van der Waals surface area contributed by atoms with Crippen molar-refractivity contribution in [2.24, 2.45) is 0 Å². The Balaban J connectivity index is 2.18. The fourth-order valence-electron chi connectivity index (χ4n) is 1.99. The summed E-state index contributed by atoms with van der Waals surface area (Å²) in [5, 5.41) is 10.2. The molecule has 0 aliphatic rings. The van der Waals surface area contributed by atoms with Gasteiger partial charge in [0.1, 0.15) is 17.4 Å². The lowest BCUT2D eigenvalue weighted by Crippen LogP contribution is -2.09. The monoisotopic (exact) mass is 293 g/mol. The van der Waals surface area contributed by atoms with E-state index >= 15 is 0 Å². The number of benzene rings is 1. The van der Waals surface area contributed by atoms with Crippen LogP contribution in [0, 0.1) is 11.6 Å². The van der Waals surface area contributed by atoms with Crippen LogP contribution in [-0.2, 0) is 6.42 Å². The molecule has 1 N–H and O–H groups in total. The summed E-state index contributed by atoms with van der Waals surface area (Å²) in [5.41, 5.74) is 0.316. The molecule has 0 fully saturated rings. The topological polar surface area (TPSA) is 42.4 Å². The largest absolute Gasteiger partial charge is 0.489 e. The van der Waals surface area contributed by atoms with Crippen LogP contribution in [0.15, 0.2) is 36.7 Å². The van der Waals surface area contributed by atoms with Gasteiger partial charge in [-0.2, -0.15) is 0 Å². The van der Waals surface area contributed by atoms with Crippen LogP contribution < -0.4 is 4.74 Å². The second-order valence-electron chi connectivity index (χ2n) is 5.04. The summed E-state index contributed by atoms with van der Waals surface area (Å²) in [6.45, 7) is 3.75. The van der Waals surface area contributed by atoms with Gasteiger partial charge in [0, 0.05) is 23.7 Å². The maximum Gasteiger partial charge on any atom is 0.138 e. The van der Waals surface area contributed by atoms with Gasteiger partial charge in [-0.15, -0.1) is 0 Å². The summed E-state index contributed by atoms with van der Waals surface area (Å²) in [4.78, 5) is 3.97. The molecule has 2 rings (SSSR count). The van der Waals surface area contributed by atoms with Crippen LogP contribution in [0.2, 0.25) is 0 Å². The minimum absolute atomic E-state index is 0.0248. The van der Waals surface area contributed by atoms with Gasteiger partial charge in [-0.25, -0.2) is 8.78 Å². The van der Waals surface area contributed by atoms with E-state index in [1.807, 2.05) is 13.8 Å². The predicted octanol–water partition coefficient (Wildman–Crippen LogP) is 3.42. The van der Waals surface area contributed by atoms with E-state index in [1.165, 1.54) is 30.6 Å². The SMILES string of the molecule is CC(C)Oc1cncc(C(O)Cc2c(F)cccc2F)c1. The molecule has 0 aliphatic carbocycles. The van der Waals surface area contributed by atoms with Crippen LogP contribution in [0.3, 0.4) is 0 Å². The Labute approximate surface area is 122 Å². The fraction of sp³-hybridized carbons (Fsp3) is 0.312. The van der Waals surface area contributed by atoms with Gasteiger partial charge in [0.2, 0.25) is 0 Å². The number of aliphatic hydroxyl groups excluding tert-OH is 1. The van der Waals surface area contributed by atoms with Crippen molar-refractivity contribution in [3.05, 3.63) is 59.4 Å². The molecular formula is C16H17F2NO2. The highest BCUT2D eigenvalue weighted by atomic mass is 19.1. The van der Waals surface area contributed by atoms with Gasteiger partial charge in [0.25, 0.3) is 0 Å². The first kappa shape index (κ1) is 15.4. The number of halogens is 2. The molecule has 0 radical (unpaired) electrons. The van der Waals surface area contributed by atoms with Gasteiger partial charge in [-0.3, -0.25) is 4.98 Å². The van der Waals surface area contributed by atoms with E-state index in [0.29, 0.717) is 11.3 Å². The molecule has 0 bridgehead atoms. The zero-order valence-electron chi connectivity index (χ0n) is 11.9. The van der Waals surface area contributed by atoms with Crippen LogP contribution in [0.4, 0.5) is 8.78 Å². The molecule has 1 heterocycles. The van der Waals surface area contributed by atoms with Crippen molar-refractivity contribution in [2.75, 3.05) is 0 Å². The minimum atomic E-state index is -1.06. The Kier molecular flexibility index (Phi) is 4.85. The predicted molar refractivity (Wildman–Crippen MR) is 75.0 cm³/mol. The summed E-state index contributed by atoms with van der Waals surface area (Å²) in [6.07, 6.45) is 1.74. The number of nitrogens with zero attached hydrogens (tertiary/aromatic N) is 1. The second kappa shape index (κ2) is 6.63. The highest BCUT2D eigenvalue weighted by Crippen LogP contribution is 2.24. The van der Waals surface area contributed by atoms with Gasteiger partial charge in [-0.1, -0.05) is 6.07 Å². The lowest BCUT2D eigenvalue weighted by atomic mass is 10.0. The van der Waals surface area contributed by atoms with Gasteiger partial charge >= 0.3 is 0 Å². The summed E-state index contributed by atoms with van der Waals surface area (Å²) < 4.78 is 32.7. The van der Waals surface area contributed by atoms with E-state index < -0.39 is 17.7 Å². The average molecular weight is 293 g/mol. The summed E-state index contributed by atoms with van der Waals surface area (Å²) in [5.74, 6) is -0.830. The maximum atomic E-state index is 13.6. The van der Waals surface area contributed by atoms with E-state index in [9.17, 15) is 13.9 Å². The molecule has 1 aromatic heterocycles. The standard InChI is InChI=1S/C16H17F2NO2/c1-10(2)21-12-6-11(8-19-9-12)16(20)7-13-14(17)4-3-5-15(13)18/h3-6,8-10,16,20H,7H2,1-2H3. The molecule has 0 aliphatic heterocycles. The van der Waals surface area contributed by atoms with Gasteiger partial charge in [0.05, 0.1) is 18.4 Å². The van der Waals surface area contributed by atoms with Crippen LogP contribution in [0.5, 0.6) is 5.75 Å². The van der Waals surface area contributed by atoms with Crippen molar-refractivity contribution in [1.82, 2.24) is 4.98 Å². The third-order valence-electron chi connectivity index (χ3n) is 2.95. The fourth-order valence-corrected chi connectivity index (χ4v) is 1.99. The van der Waals surface area contributed by atoms with Crippen molar-refractivity contribution in [2.45, 2.75) is 32.5 Å². The summed E-state index contributed by atoms with van der Waals surface area (Å²) >= 11 is 0. The van der Waals surface area contributed by atoms with Crippen LogP contribution in [0.25, 0.3) is 0 Å². The number of rotatable bonds is 5. The molecule has 112 valence electrons. The van der Waals surface area contributed by atoms with E-state index in [4.69, 9.17) is 4.74 Å². The van der Waals surface area contributed by atoms with E-state index in [-0.39, 0.29) is 18.1 Å². The van der Waals surface area contributed by atoms with Gasteiger partial charge < -0.3 is 9.84 Å². The summed E-state index contributed by atoms with van der Waals surface area (Å²) in [7, 11) is 0. The first-order valence-electron chi connectivity index (χ1n) is 6.70. The van der Waals surface area contributed by atoms with Gasteiger partial charge in [0.15, 0.2) is 0 Å². The smallest absolute Gasteiger partial charge is 0.138 e. The van der Waals surface area contributed by atoms with Crippen LogP contribution >= 0.6 is 0 Å². The van der Waals surface area contributed by atoms with Crippen molar-refractivity contribution in [3.63, 3.8) is 0 Å². The highest BCUT2D eigenvalue weighted by Gasteiger charge is 2.16. The molecule has 1 aromatic carbocycles. The van der Waals surface area contributed by atoms with Crippen molar-refractivity contribution < 1.29 is 18.6 Å². The first-order valence-corrected chi connectivity index (χ1v) is 6.70. The van der Waals surface area contributed by atoms with Crippen molar-refractivity contribution in [3.8, 4) is 5.75 Å². The Morgan fingerprint density at radius 3 is 2.48 bits per heavy atom. The average Bonchev–Trinajstić information content (AvgIpc) is 2.42. The molecule has 5 heteroatoms. The van der Waals surface area contributed by atoms with Crippen LogP contribution in [-0.4, -0.2) is 16.2 Å². The molecule has 1 atom stereocenters. The molecule has 2 aromatic rings. The van der Waals surface area contributed by atoms with E-state index in [1.54, 1.807) is 6.07 Å². The molecule has 1 unspecified atom stereocenters. The van der Waals surface area contributed by atoms with Crippen LogP contribution in [0.1, 0.15) is 31.1 Å². The lowest BCUT2D eigenvalue weighted by molar-refractivity contribution is 0.173. The first-order chi connectivity index (χ1) is 9.97. The zero-order valence-corrected chi connectivity index (χ0v) is 11.9. The van der Waals surface area contributed by atoms with Gasteiger partial charge in [-0.05, 0) is 32.0 Å². The lowest BCUT2D eigenvalue weighted by Gasteiger charge is -2.14. The number of hydrogen-bond acceptors (Lipinski definition) is 3. The molecule has 0 spiro atoms.